The van der Waals surface area contributed by atoms with Crippen LogP contribution in [0.25, 0.3) is 0 Å². The number of nitrogens with zero attached hydrogens (tertiary/aromatic N) is 1. The number of carbonyl (C=O) groups is 1. The summed E-state index contributed by atoms with van der Waals surface area (Å²) >= 11 is 0. The zero-order valence-corrected chi connectivity index (χ0v) is 12.1. The molecule has 21 heavy (non-hydrogen) atoms. The Bertz CT molecular complexity index is 425. The molecule has 0 bridgehead atoms. The molecule has 2 aliphatic heterocycles. The van der Waals surface area contributed by atoms with Crippen molar-refractivity contribution in [3.8, 4) is 0 Å². The van der Waals surface area contributed by atoms with Gasteiger partial charge in [-0.3, -0.25) is 9.69 Å². The molecule has 116 valence electrons. The first-order chi connectivity index (χ1) is 10.1. The molecule has 0 aromatic heterocycles. The van der Waals surface area contributed by atoms with Crippen molar-refractivity contribution in [2.75, 3.05) is 26.2 Å². The molecule has 2 atom stereocenters. The Hall–Kier alpha value is -1.31. The van der Waals surface area contributed by atoms with Gasteiger partial charge in [-0.15, -0.1) is 0 Å². The lowest BCUT2D eigenvalue weighted by Crippen LogP contribution is -2.26. The predicted molar refractivity (Wildman–Crippen MR) is 80.5 cm³/mol. The highest BCUT2D eigenvalue weighted by Gasteiger charge is 2.37. The van der Waals surface area contributed by atoms with E-state index in [2.05, 4.69) is 22.4 Å². The van der Waals surface area contributed by atoms with Crippen LogP contribution in [-0.4, -0.2) is 59.3 Å². The maximum atomic E-state index is 11.4. The molecule has 0 aromatic carbocycles. The van der Waals surface area contributed by atoms with Crippen molar-refractivity contribution >= 4 is 13.1 Å². The van der Waals surface area contributed by atoms with Crippen LogP contribution in [0.2, 0.25) is 6.32 Å². The minimum atomic E-state index is -1.30. The third-order valence-corrected chi connectivity index (χ3v) is 4.13. The standard InChI is InChI=1S/C14H23BN2O4/c18-14(19)13-10-17(8-11-3-2-6-16-7-11)9-12(13)4-1-5-15(20)21/h2-3,7,12-13,16,20-21H,1,4-6,8-10H2,(H,18,19). The lowest BCUT2D eigenvalue weighted by atomic mass is 9.80. The van der Waals surface area contributed by atoms with Gasteiger partial charge in [-0.2, -0.15) is 0 Å². The maximum absolute atomic E-state index is 11.4. The molecule has 0 amide bonds. The van der Waals surface area contributed by atoms with Crippen LogP contribution in [0.5, 0.6) is 0 Å². The molecule has 2 heterocycles. The molecule has 2 unspecified atom stereocenters. The molecule has 0 spiro atoms. The van der Waals surface area contributed by atoms with Crippen molar-refractivity contribution in [3.63, 3.8) is 0 Å². The van der Waals surface area contributed by atoms with Gasteiger partial charge in [0.15, 0.2) is 0 Å². The zero-order chi connectivity index (χ0) is 15.2. The summed E-state index contributed by atoms with van der Waals surface area (Å²) in [5.74, 6) is -1.03. The van der Waals surface area contributed by atoms with Crippen LogP contribution < -0.4 is 5.32 Å². The van der Waals surface area contributed by atoms with Crippen molar-refractivity contribution in [1.82, 2.24) is 10.2 Å². The van der Waals surface area contributed by atoms with Gasteiger partial charge >= 0.3 is 13.1 Å². The molecule has 0 aliphatic carbocycles. The fourth-order valence-corrected chi connectivity index (χ4v) is 3.10. The number of likely N-dealkylation sites (tertiary alicyclic amines) is 1. The van der Waals surface area contributed by atoms with Crippen molar-refractivity contribution in [2.45, 2.75) is 19.2 Å². The minimum Gasteiger partial charge on any atom is -0.481 e. The van der Waals surface area contributed by atoms with E-state index < -0.39 is 13.1 Å². The highest BCUT2D eigenvalue weighted by Crippen LogP contribution is 2.29. The summed E-state index contributed by atoms with van der Waals surface area (Å²) in [6, 6.07) is 0. The lowest BCUT2D eigenvalue weighted by Gasteiger charge is -2.18. The number of carboxylic acid groups (broad SMARTS) is 1. The van der Waals surface area contributed by atoms with Crippen LogP contribution in [0.15, 0.2) is 23.9 Å². The zero-order valence-electron chi connectivity index (χ0n) is 12.1. The summed E-state index contributed by atoms with van der Waals surface area (Å²) in [7, 11) is -1.30. The van der Waals surface area contributed by atoms with Crippen LogP contribution in [0.4, 0.5) is 0 Å². The van der Waals surface area contributed by atoms with Crippen LogP contribution in [-0.2, 0) is 4.79 Å². The average molecular weight is 294 g/mol. The predicted octanol–water partition coefficient (Wildman–Crippen LogP) is -0.0847. The van der Waals surface area contributed by atoms with Crippen molar-refractivity contribution < 1.29 is 19.9 Å². The SMILES string of the molecule is O=C(O)C1CN(CC2=CNCC=C2)CC1CCCB(O)O. The largest absolute Gasteiger partial charge is 0.481 e. The summed E-state index contributed by atoms with van der Waals surface area (Å²) in [5, 5.41) is 30.3. The van der Waals surface area contributed by atoms with E-state index in [1.165, 1.54) is 0 Å². The molecule has 6 nitrogen and oxygen atoms in total. The monoisotopic (exact) mass is 294 g/mol. The molecular weight excluding hydrogens is 271 g/mol. The number of hydrogen-bond donors (Lipinski definition) is 4. The van der Waals surface area contributed by atoms with Gasteiger partial charge in [-0.05, 0) is 24.2 Å². The number of rotatable bonds is 7. The molecule has 1 saturated heterocycles. The van der Waals surface area contributed by atoms with E-state index >= 15 is 0 Å². The third kappa shape index (κ3) is 4.87. The molecule has 2 rings (SSSR count). The first-order valence-electron chi connectivity index (χ1n) is 7.46. The number of carboxylic acids is 1. The first-order valence-corrected chi connectivity index (χ1v) is 7.46. The summed E-state index contributed by atoms with van der Waals surface area (Å²) < 4.78 is 0. The van der Waals surface area contributed by atoms with Crippen LogP contribution >= 0.6 is 0 Å². The van der Waals surface area contributed by atoms with Gasteiger partial charge in [0.05, 0.1) is 5.92 Å². The number of nitrogens with one attached hydrogen (secondary N) is 1. The normalized spacial score (nSPS) is 25.5. The Morgan fingerprint density at radius 3 is 2.86 bits per heavy atom. The second-order valence-corrected chi connectivity index (χ2v) is 5.84. The van der Waals surface area contributed by atoms with Crippen LogP contribution in [0.3, 0.4) is 0 Å². The minimum absolute atomic E-state index is 0.0855. The molecule has 4 N–H and O–H groups in total. The Morgan fingerprint density at radius 1 is 1.43 bits per heavy atom. The van der Waals surface area contributed by atoms with Gasteiger partial charge < -0.3 is 20.5 Å². The van der Waals surface area contributed by atoms with E-state index in [9.17, 15) is 9.90 Å². The summed E-state index contributed by atoms with van der Waals surface area (Å²) in [5.41, 5.74) is 1.16. The highest BCUT2D eigenvalue weighted by atomic mass is 16.4. The lowest BCUT2D eigenvalue weighted by molar-refractivity contribution is -0.142. The second kappa shape index (κ2) is 7.63. The highest BCUT2D eigenvalue weighted by molar-refractivity contribution is 6.40. The van der Waals surface area contributed by atoms with Gasteiger partial charge in [0, 0.05) is 32.4 Å². The van der Waals surface area contributed by atoms with Crippen molar-refractivity contribution in [2.24, 2.45) is 11.8 Å². The fourth-order valence-electron chi connectivity index (χ4n) is 3.10. The van der Waals surface area contributed by atoms with E-state index in [4.69, 9.17) is 10.0 Å². The van der Waals surface area contributed by atoms with E-state index in [1.54, 1.807) is 0 Å². The number of aliphatic carboxylic acids is 1. The Kier molecular flexibility index (Phi) is 5.84. The third-order valence-electron chi connectivity index (χ3n) is 4.13. The van der Waals surface area contributed by atoms with Gasteiger partial charge in [0.2, 0.25) is 0 Å². The number of dihydropyridines is 1. The molecule has 7 heteroatoms. The summed E-state index contributed by atoms with van der Waals surface area (Å²) in [6.07, 6.45) is 7.77. The Balaban J connectivity index is 1.86. The van der Waals surface area contributed by atoms with Crippen molar-refractivity contribution in [1.29, 1.82) is 0 Å². The quantitative estimate of drug-likeness (QED) is 0.491. The molecule has 1 fully saturated rings. The van der Waals surface area contributed by atoms with Gasteiger partial charge in [0.1, 0.15) is 0 Å². The Morgan fingerprint density at radius 2 is 2.24 bits per heavy atom. The van der Waals surface area contributed by atoms with E-state index in [-0.39, 0.29) is 11.8 Å². The second-order valence-electron chi connectivity index (χ2n) is 5.84. The molecule has 0 radical (unpaired) electrons. The number of hydrogen-bond acceptors (Lipinski definition) is 5. The maximum Gasteiger partial charge on any atom is 0.451 e. The smallest absolute Gasteiger partial charge is 0.451 e. The van der Waals surface area contributed by atoms with E-state index in [1.807, 2.05) is 6.20 Å². The van der Waals surface area contributed by atoms with E-state index in [0.717, 1.165) is 31.6 Å². The Labute approximate surface area is 125 Å². The van der Waals surface area contributed by atoms with Crippen LogP contribution in [0.1, 0.15) is 12.8 Å². The van der Waals surface area contributed by atoms with Gasteiger partial charge in [-0.25, -0.2) is 0 Å². The van der Waals surface area contributed by atoms with Gasteiger partial charge in [-0.1, -0.05) is 18.6 Å². The molecule has 0 aromatic rings. The topological polar surface area (TPSA) is 93.0 Å². The molecule has 0 saturated carbocycles. The average Bonchev–Trinajstić information content (AvgIpc) is 2.82. The summed E-state index contributed by atoms with van der Waals surface area (Å²) in [4.78, 5) is 13.5. The molecular formula is C14H23BN2O4. The van der Waals surface area contributed by atoms with Gasteiger partial charge in [0.25, 0.3) is 0 Å². The van der Waals surface area contributed by atoms with Crippen molar-refractivity contribution in [3.05, 3.63) is 23.9 Å². The van der Waals surface area contributed by atoms with Crippen LogP contribution in [0, 0.1) is 11.8 Å². The summed E-state index contributed by atoms with van der Waals surface area (Å²) in [6.45, 7) is 2.91. The van der Waals surface area contributed by atoms with E-state index in [0.29, 0.717) is 19.3 Å². The fraction of sp³-hybridized carbons (Fsp3) is 0.643. The first kappa shape index (κ1) is 16.1. The molecule has 2 aliphatic rings.